The molecule has 0 amide bonds. The van der Waals surface area contributed by atoms with Gasteiger partial charge in [-0.15, -0.1) is 0 Å². The number of hydrogen-bond acceptors (Lipinski definition) is 2. The Labute approximate surface area is 99.3 Å². The van der Waals surface area contributed by atoms with Crippen LogP contribution in [0.2, 0.25) is 8.87 Å². The van der Waals surface area contributed by atoms with Crippen LogP contribution in [0.4, 0.5) is 0 Å². The topological polar surface area (TPSA) is 40.5 Å². The molecule has 0 bridgehead atoms. The van der Waals surface area contributed by atoms with Gasteiger partial charge in [-0.3, -0.25) is 0 Å². The Morgan fingerprint density at radius 1 is 1.07 bits per heavy atom. The molecule has 0 saturated carbocycles. The summed E-state index contributed by atoms with van der Waals surface area (Å²) in [5.41, 5.74) is 0. The van der Waals surface area contributed by atoms with Crippen molar-refractivity contribution in [2.24, 2.45) is 0 Å². The molecule has 0 aliphatic heterocycles. The molecule has 0 aliphatic carbocycles. The Kier molecular flexibility index (Phi) is 19.8. The van der Waals surface area contributed by atoms with E-state index in [9.17, 15) is 0 Å². The van der Waals surface area contributed by atoms with E-state index in [1.807, 2.05) is 0 Å². The predicted molar refractivity (Wildman–Crippen MR) is 64.0 cm³/mol. The van der Waals surface area contributed by atoms with Crippen LogP contribution in [-0.2, 0) is 0 Å². The summed E-state index contributed by atoms with van der Waals surface area (Å²) in [7, 11) is 0. The van der Waals surface area contributed by atoms with Crippen LogP contribution < -0.4 is 0 Å². The molecule has 0 saturated heterocycles. The summed E-state index contributed by atoms with van der Waals surface area (Å²) in [5, 5.41) is 16.0. The van der Waals surface area contributed by atoms with Crippen LogP contribution in [0.15, 0.2) is 0 Å². The minimum absolute atomic E-state index is 0.139. The average Bonchev–Trinajstić information content (AvgIpc) is 2.19. The molecule has 0 aromatic carbocycles. The van der Waals surface area contributed by atoms with Gasteiger partial charge in [-0.05, 0) is 6.92 Å². The van der Waals surface area contributed by atoms with Crippen molar-refractivity contribution in [3.05, 3.63) is 0 Å². The van der Waals surface area contributed by atoms with Crippen molar-refractivity contribution in [2.45, 2.75) is 61.4 Å². The van der Waals surface area contributed by atoms with Crippen LogP contribution >= 0.6 is 0 Å². The number of aliphatic hydroxyl groups excluding tert-OH is 2. The molecule has 0 aromatic rings. The van der Waals surface area contributed by atoms with Crippen molar-refractivity contribution < 1.29 is 10.2 Å². The normalized spacial score (nSPS) is 11.8. The van der Waals surface area contributed by atoms with Crippen LogP contribution in [0.5, 0.6) is 0 Å². The third kappa shape index (κ3) is 23.0. The predicted octanol–water partition coefficient (Wildman–Crippen LogP) is 2.49. The number of rotatable bonds is 7. The second-order valence-corrected chi connectivity index (χ2v) is 7.77. The molecule has 2 N–H and O–H groups in total. The van der Waals surface area contributed by atoms with Crippen LogP contribution in [0, 0.1) is 0 Å². The zero-order chi connectivity index (χ0) is 11.2. The molecule has 2 radical (unpaired) electrons. The Bertz CT molecular complexity index is 81.4. The van der Waals surface area contributed by atoms with Gasteiger partial charge < -0.3 is 10.2 Å². The molecule has 0 aliphatic rings. The summed E-state index contributed by atoms with van der Waals surface area (Å²) in [6.07, 6.45) is 5.28. The van der Waals surface area contributed by atoms with Gasteiger partial charge >= 0.3 is 69.5 Å². The summed E-state index contributed by atoms with van der Waals surface area (Å²) in [4.78, 5) is 0. The molecule has 0 rings (SSSR count). The standard InChI is InChI=1S/2C4H9.C3H8O2.Sn/c2*1-3-4-2;1-3(5)2-4;/h2*1,3-4H2,2H3;3-5H,2H2,1H3;. The van der Waals surface area contributed by atoms with Crippen molar-refractivity contribution in [2.75, 3.05) is 6.61 Å². The maximum absolute atomic E-state index is 8.11. The minimum atomic E-state index is -0.560. The zero-order valence-electron chi connectivity index (χ0n) is 9.92. The molecular weight excluding hydrogens is 283 g/mol. The van der Waals surface area contributed by atoms with E-state index in [1.165, 1.54) is 32.6 Å². The summed E-state index contributed by atoms with van der Waals surface area (Å²) < 4.78 is 3.25. The summed E-state index contributed by atoms with van der Waals surface area (Å²) in [6, 6.07) is 0. The van der Waals surface area contributed by atoms with Crippen molar-refractivity contribution in [1.82, 2.24) is 0 Å². The van der Waals surface area contributed by atoms with Crippen LogP contribution in [0.25, 0.3) is 0 Å². The summed E-state index contributed by atoms with van der Waals surface area (Å²) in [6.45, 7) is 5.97. The van der Waals surface area contributed by atoms with E-state index in [0.717, 1.165) is 0 Å². The molecule has 0 aromatic heterocycles. The maximum atomic E-state index is 8.11. The molecular formula is C11H26O2Sn. The monoisotopic (exact) mass is 310 g/mol. The van der Waals surface area contributed by atoms with Crippen LogP contribution in [-0.4, -0.2) is 44.1 Å². The third-order valence-corrected chi connectivity index (χ3v) is 5.71. The molecule has 2 nitrogen and oxygen atoms in total. The van der Waals surface area contributed by atoms with E-state index in [4.69, 9.17) is 10.2 Å². The van der Waals surface area contributed by atoms with E-state index >= 15 is 0 Å². The molecule has 3 heteroatoms. The second-order valence-electron chi connectivity index (χ2n) is 3.49. The molecule has 1 atom stereocenters. The van der Waals surface area contributed by atoms with Gasteiger partial charge in [-0.25, -0.2) is 0 Å². The van der Waals surface area contributed by atoms with Crippen LogP contribution in [0.3, 0.4) is 0 Å². The number of aliphatic hydroxyl groups is 2. The first-order valence-corrected chi connectivity index (χ1v) is 9.72. The molecule has 14 heavy (non-hydrogen) atoms. The van der Waals surface area contributed by atoms with E-state index in [-0.39, 0.29) is 27.7 Å². The van der Waals surface area contributed by atoms with Gasteiger partial charge in [0.2, 0.25) is 0 Å². The second kappa shape index (κ2) is 16.2. The van der Waals surface area contributed by atoms with Gasteiger partial charge in [-0.1, -0.05) is 0 Å². The molecule has 0 heterocycles. The van der Waals surface area contributed by atoms with Crippen molar-refractivity contribution >= 4 is 21.1 Å². The third-order valence-electron chi connectivity index (χ3n) is 1.68. The quantitative estimate of drug-likeness (QED) is 0.560. The van der Waals surface area contributed by atoms with E-state index < -0.39 is 6.10 Å². The zero-order valence-corrected chi connectivity index (χ0v) is 12.8. The average molecular weight is 309 g/mol. The summed E-state index contributed by atoms with van der Waals surface area (Å²) in [5.74, 6) is 0. The Morgan fingerprint density at radius 2 is 1.43 bits per heavy atom. The molecule has 1 unspecified atom stereocenters. The van der Waals surface area contributed by atoms with Gasteiger partial charge in [-0.2, -0.15) is 0 Å². The van der Waals surface area contributed by atoms with E-state index in [1.54, 1.807) is 8.87 Å². The first kappa shape index (κ1) is 17.1. The Hall–Kier alpha value is 0.719. The van der Waals surface area contributed by atoms with Gasteiger partial charge in [0.1, 0.15) is 0 Å². The SMILES string of the molecule is CC(O)CO.CCC[CH2][Sn][CH2]CCC. The number of hydrogen-bond donors (Lipinski definition) is 2. The fourth-order valence-electron chi connectivity index (χ4n) is 0.729. The van der Waals surface area contributed by atoms with Gasteiger partial charge in [0.15, 0.2) is 0 Å². The Balaban J connectivity index is 0. The van der Waals surface area contributed by atoms with Gasteiger partial charge in [0, 0.05) is 0 Å². The summed E-state index contributed by atoms with van der Waals surface area (Å²) >= 11 is 0.149. The Morgan fingerprint density at radius 3 is 1.64 bits per heavy atom. The fraction of sp³-hybridized carbons (Fsp3) is 1.00. The van der Waals surface area contributed by atoms with E-state index in [0.29, 0.717) is 0 Å². The van der Waals surface area contributed by atoms with Crippen molar-refractivity contribution in [1.29, 1.82) is 0 Å². The van der Waals surface area contributed by atoms with Crippen molar-refractivity contribution in [3.8, 4) is 0 Å². The molecule has 0 spiro atoms. The first-order valence-electron chi connectivity index (χ1n) is 5.68. The molecule has 0 fully saturated rings. The van der Waals surface area contributed by atoms with E-state index in [2.05, 4.69) is 13.8 Å². The van der Waals surface area contributed by atoms with Gasteiger partial charge in [0.25, 0.3) is 0 Å². The first-order chi connectivity index (χ1) is 6.68. The number of unbranched alkanes of at least 4 members (excludes halogenated alkanes) is 2. The van der Waals surface area contributed by atoms with Gasteiger partial charge in [0.05, 0.1) is 12.7 Å². The van der Waals surface area contributed by atoms with Crippen LogP contribution in [0.1, 0.15) is 46.5 Å². The molecule has 86 valence electrons. The van der Waals surface area contributed by atoms with Crippen molar-refractivity contribution in [3.63, 3.8) is 0 Å². The fourth-order valence-corrected chi connectivity index (χ4v) is 4.89.